The van der Waals surface area contributed by atoms with Crippen LogP contribution in [0.3, 0.4) is 0 Å². The van der Waals surface area contributed by atoms with E-state index in [-0.39, 0.29) is 11.9 Å². The maximum Gasteiger partial charge on any atom is 0.242 e. The second-order valence-electron chi connectivity index (χ2n) is 4.13. The smallest absolute Gasteiger partial charge is 0.242 e. The van der Waals surface area contributed by atoms with Crippen molar-refractivity contribution in [2.75, 3.05) is 0 Å². The van der Waals surface area contributed by atoms with Gasteiger partial charge in [0.1, 0.15) is 11.8 Å². The quantitative estimate of drug-likeness (QED) is 0.866. The van der Waals surface area contributed by atoms with Gasteiger partial charge in [0.25, 0.3) is 0 Å². The topological polar surface area (TPSA) is 68.3 Å². The number of rotatable bonds is 4. The van der Waals surface area contributed by atoms with Gasteiger partial charge in [-0.2, -0.15) is 0 Å². The molecule has 1 unspecified atom stereocenters. The van der Waals surface area contributed by atoms with E-state index in [1.165, 1.54) is 0 Å². The molecule has 4 nitrogen and oxygen atoms in total. The molecule has 1 heterocycles. The van der Waals surface area contributed by atoms with Crippen LogP contribution in [-0.2, 0) is 4.79 Å². The molecule has 0 aliphatic rings. The molecule has 4 heteroatoms. The zero-order chi connectivity index (χ0) is 13.0. The Balaban J connectivity index is 2.00. The first-order valence-corrected chi connectivity index (χ1v) is 5.83. The van der Waals surface area contributed by atoms with E-state index in [1.807, 2.05) is 43.3 Å². The minimum absolute atomic E-state index is 0.192. The monoisotopic (exact) mass is 244 g/mol. The van der Waals surface area contributed by atoms with Crippen LogP contribution in [0.4, 0.5) is 0 Å². The Labute approximate surface area is 106 Å². The number of benzene rings is 1. The van der Waals surface area contributed by atoms with Crippen LogP contribution in [-0.4, -0.2) is 5.91 Å². The van der Waals surface area contributed by atoms with Gasteiger partial charge in [-0.1, -0.05) is 30.3 Å². The van der Waals surface area contributed by atoms with Crippen LogP contribution in [0.1, 0.15) is 30.3 Å². The lowest BCUT2D eigenvalue weighted by Gasteiger charge is -2.16. The molecule has 1 amide bonds. The molecule has 18 heavy (non-hydrogen) atoms. The minimum Gasteiger partial charge on any atom is -0.467 e. The van der Waals surface area contributed by atoms with Crippen LogP contribution in [0.2, 0.25) is 0 Å². The Morgan fingerprint density at radius 3 is 2.56 bits per heavy atom. The van der Waals surface area contributed by atoms with E-state index < -0.39 is 6.04 Å². The van der Waals surface area contributed by atoms with Gasteiger partial charge in [0, 0.05) is 0 Å². The summed E-state index contributed by atoms with van der Waals surface area (Å²) in [5.41, 5.74) is 6.69. The molecule has 0 saturated carbocycles. The molecule has 0 bridgehead atoms. The summed E-state index contributed by atoms with van der Waals surface area (Å²) in [6, 6.07) is 12.0. The Bertz CT molecular complexity index is 494. The normalized spacial score (nSPS) is 13.9. The van der Waals surface area contributed by atoms with Crippen LogP contribution in [0.25, 0.3) is 0 Å². The van der Waals surface area contributed by atoms with Gasteiger partial charge in [-0.05, 0) is 24.6 Å². The highest BCUT2D eigenvalue weighted by Crippen LogP contribution is 2.15. The second kappa shape index (κ2) is 5.51. The predicted molar refractivity (Wildman–Crippen MR) is 68.6 cm³/mol. The molecule has 1 aromatic carbocycles. The Kier molecular flexibility index (Phi) is 3.79. The molecule has 1 aromatic heterocycles. The lowest BCUT2D eigenvalue weighted by Crippen LogP contribution is -2.35. The summed E-state index contributed by atoms with van der Waals surface area (Å²) >= 11 is 0. The van der Waals surface area contributed by atoms with Gasteiger partial charge in [-0.15, -0.1) is 0 Å². The third kappa shape index (κ3) is 2.78. The van der Waals surface area contributed by atoms with Crippen molar-refractivity contribution in [1.29, 1.82) is 0 Å². The minimum atomic E-state index is -0.663. The van der Waals surface area contributed by atoms with Crippen LogP contribution in [0.15, 0.2) is 53.1 Å². The highest BCUT2D eigenvalue weighted by atomic mass is 16.3. The average molecular weight is 244 g/mol. The van der Waals surface area contributed by atoms with Crippen LogP contribution in [0.5, 0.6) is 0 Å². The van der Waals surface area contributed by atoms with Crippen molar-refractivity contribution in [2.24, 2.45) is 5.73 Å². The van der Waals surface area contributed by atoms with Gasteiger partial charge in [0.05, 0.1) is 12.3 Å². The van der Waals surface area contributed by atoms with Gasteiger partial charge in [-0.3, -0.25) is 4.79 Å². The molecule has 2 aromatic rings. The summed E-state index contributed by atoms with van der Waals surface area (Å²) in [6.07, 6.45) is 1.58. The lowest BCUT2D eigenvalue weighted by molar-refractivity contribution is -0.123. The van der Waals surface area contributed by atoms with Crippen LogP contribution >= 0.6 is 0 Å². The molecule has 0 radical (unpaired) electrons. The van der Waals surface area contributed by atoms with E-state index in [2.05, 4.69) is 5.32 Å². The number of amides is 1. The molecule has 0 aliphatic heterocycles. The number of carbonyl (C=O) groups is 1. The van der Waals surface area contributed by atoms with Crippen LogP contribution < -0.4 is 11.1 Å². The molecular formula is C14H16N2O2. The Morgan fingerprint density at radius 2 is 1.94 bits per heavy atom. The number of nitrogens with one attached hydrogen (secondary N) is 1. The molecule has 0 aliphatic carbocycles. The van der Waals surface area contributed by atoms with E-state index >= 15 is 0 Å². The van der Waals surface area contributed by atoms with E-state index in [0.29, 0.717) is 5.76 Å². The van der Waals surface area contributed by atoms with Crippen molar-refractivity contribution in [1.82, 2.24) is 5.32 Å². The van der Waals surface area contributed by atoms with Crippen molar-refractivity contribution in [2.45, 2.75) is 19.0 Å². The maximum absolute atomic E-state index is 12.0. The third-order valence-corrected chi connectivity index (χ3v) is 2.77. The fraction of sp³-hybridized carbons (Fsp3) is 0.214. The van der Waals surface area contributed by atoms with E-state index in [9.17, 15) is 4.79 Å². The number of carbonyl (C=O) groups excluding carboxylic acids is 1. The summed E-state index contributed by atoms with van der Waals surface area (Å²) in [4.78, 5) is 12.0. The number of nitrogens with two attached hydrogens (primary N) is 1. The molecule has 0 saturated heterocycles. The first kappa shape index (κ1) is 12.4. The fourth-order valence-corrected chi connectivity index (χ4v) is 1.72. The highest BCUT2D eigenvalue weighted by Gasteiger charge is 2.18. The summed E-state index contributed by atoms with van der Waals surface area (Å²) in [7, 11) is 0. The van der Waals surface area contributed by atoms with Gasteiger partial charge in [0.2, 0.25) is 5.91 Å². The van der Waals surface area contributed by atoms with Crippen molar-refractivity contribution in [3.63, 3.8) is 0 Å². The van der Waals surface area contributed by atoms with Crippen LogP contribution in [0, 0.1) is 0 Å². The summed E-state index contributed by atoms with van der Waals surface area (Å²) < 4.78 is 5.23. The standard InChI is InChI=1S/C14H16N2O2/c1-10(12-8-5-9-18-12)16-14(17)13(15)11-6-3-2-4-7-11/h2-10,13H,15H2,1H3,(H,16,17)/t10?,13-/m1/s1. The third-order valence-electron chi connectivity index (χ3n) is 2.77. The SMILES string of the molecule is CC(NC(=O)[C@H](N)c1ccccc1)c1ccco1. The van der Waals surface area contributed by atoms with E-state index in [4.69, 9.17) is 10.2 Å². The van der Waals surface area contributed by atoms with Gasteiger partial charge in [0.15, 0.2) is 0 Å². The molecule has 94 valence electrons. The largest absolute Gasteiger partial charge is 0.467 e. The molecule has 2 atom stereocenters. The van der Waals surface area contributed by atoms with Gasteiger partial charge >= 0.3 is 0 Å². The Morgan fingerprint density at radius 1 is 1.22 bits per heavy atom. The van der Waals surface area contributed by atoms with E-state index in [0.717, 1.165) is 5.56 Å². The Hall–Kier alpha value is -2.07. The molecule has 0 spiro atoms. The average Bonchev–Trinajstić information content (AvgIpc) is 2.92. The lowest BCUT2D eigenvalue weighted by atomic mass is 10.1. The van der Waals surface area contributed by atoms with Crippen molar-refractivity contribution in [3.8, 4) is 0 Å². The second-order valence-corrected chi connectivity index (χ2v) is 4.13. The summed E-state index contributed by atoms with van der Waals surface area (Å²) in [6.45, 7) is 1.86. The number of hydrogen-bond donors (Lipinski definition) is 2. The van der Waals surface area contributed by atoms with Gasteiger partial charge < -0.3 is 15.5 Å². The molecular weight excluding hydrogens is 228 g/mol. The highest BCUT2D eigenvalue weighted by molar-refractivity contribution is 5.83. The van der Waals surface area contributed by atoms with E-state index in [1.54, 1.807) is 12.3 Å². The zero-order valence-corrected chi connectivity index (χ0v) is 10.2. The van der Waals surface area contributed by atoms with Crippen molar-refractivity contribution < 1.29 is 9.21 Å². The predicted octanol–water partition coefficient (Wildman–Crippen LogP) is 2.16. The molecule has 2 rings (SSSR count). The number of furan rings is 1. The molecule has 3 N–H and O–H groups in total. The van der Waals surface area contributed by atoms with Crippen molar-refractivity contribution in [3.05, 3.63) is 60.1 Å². The zero-order valence-electron chi connectivity index (χ0n) is 10.2. The first-order chi connectivity index (χ1) is 8.68. The fourth-order valence-electron chi connectivity index (χ4n) is 1.72. The number of hydrogen-bond acceptors (Lipinski definition) is 3. The summed E-state index contributed by atoms with van der Waals surface area (Å²) in [5, 5.41) is 2.82. The maximum atomic E-state index is 12.0. The van der Waals surface area contributed by atoms with Gasteiger partial charge in [-0.25, -0.2) is 0 Å². The van der Waals surface area contributed by atoms with Crippen molar-refractivity contribution >= 4 is 5.91 Å². The first-order valence-electron chi connectivity index (χ1n) is 5.83. The summed E-state index contributed by atoms with van der Waals surface area (Å²) in [5.74, 6) is 0.494. The molecule has 0 fully saturated rings.